The van der Waals surface area contributed by atoms with E-state index >= 15 is 0 Å². The summed E-state index contributed by atoms with van der Waals surface area (Å²) in [6.45, 7) is 3.97. The summed E-state index contributed by atoms with van der Waals surface area (Å²) in [6, 6.07) is 13.4. The summed E-state index contributed by atoms with van der Waals surface area (Å²) in [5.74, 6) is 2.63. The lowest BCUT2D eigenvalue weighted by atomic mass is 10.2. The number of hydrogen-bond donors (Lipinski definition) is 2. The van der Waals surface area contributed by atoms with Crippen LogP contribution in [0.25, 0.3) is 0 Å². The van der Waals surface area contributed by atoms with Gasteiger partial charge in [-0.15, -0.1) is 24.0 Å². The van der Waals surface area contributed by atoms with Crippen LogP contribution in [0.15, 0.2) is 47.5 Å². The van der Waals surface area contributed by atoms with Gasteiger partial charge in [-0.05, 0) is 29.8 Å². The van der Waals surface area contributed by atoms with Crippen LogP contribution in [0.1, 0.15) is 5.56 Å². The maximum absolute atomic E-state index is 10.1. The van der Waals surface area contributed by atoms with E-state index in [1.807, 2.05) is 36.4 Å². The number of aliphatic imine (C=N–C) groups is 1. The molecule has 1 saturated heterocycles. The van der Waals surface area contributed by atoms with Gasteiger partial charge in [-0.3, -0.25) is 4.99 Å². The second kappa shape index (κ2) is 11.0. The fraction of sp³-hybridized carbons (Fsp3) is 0.381. The molecule has 0 bridgehead atoms. The van der Waals surface area contributed by atoms with Gasteiger partial charge in [0.15, 0.2) is 17.5 Å². The van der Waals surface area contributed by atoms with E-state index < -0.39 is 0 Å². The number of guanidine groups is 1. The van der Waals surface area contributed by atoms with Gasteiger partial charge >= 0.3 is 0 Å². The zero-order valence-corrected chi connectivity index (χ0v) is 19.4. The van der Waals surface area contributed by atoms with Gasteiger partial charge in [0.05, 0.1) is 19.9 Å². The number of aromatic hydroxyl groups is 1. The predicted molar refractivity (Wildman–Crippen MR) is 127 cm³/mol. The van der Waals surface area contributed by atoms with Crippen molar-refractivity contribution in [2.45, 2.75) is 6.54 Å². The molecule has 158 valence electrons. The summed E-state index contributed by atoms with van der Waals surface area (Å²) in [6.07, 6.45) is 0. The third kappa shape index (κ3) is 5.59. The number of anilines is 1. The van der Waals surface area contributed by atoms with Crippen molar-refractivity contribution in [1.82, 2.24) is 10.2 Å². The van der Waals surface area contributed by atoms with Crippen molar-refractivity contribution in [1.29, 1.82) is 0 Å². The molecule has 0 aromatic heterocycles. The number of nitrogens with one attached hydrogen (secondary N) is 1. The monoisotopic (exact) mass is 512 g/mol. The Morgan fingerprint density at radius 1 is 1.03 bits per heavy atom. The maximum atomic E-state index is 10.1. The van der Waals surface area contributed by atoms with Crippen LogP contribution in [0, 0.1) is 0 Å². The highest BCUT2D eigenvalue weighted by molar-refractivity contribution is 14.0. The van der Waals surface area contributed by atoms with E-state index in [0.717, 1.165) is 49.1 Å². The van der Waals surface area contributed by atoms with Gasteiger partial charge in [-0.1, -0.05) is 18.2 Å². The molecule has 8 heteroatoms. The van der Waals surface area contributed by atoms with Gasteiger partial charge in [0, 0.05) is 39.8 Å². The molecule has 1 aliphatic rings. The Kier molecular flexibility index (Phi) is 8.69. The van der Waals surface area contributed by atoms with Crippen LogP contribution in [0.2, 0.25) is 0 Å². The van der Waals surface area contributed by atoms with Crippen LogP contribution in [-0.4, -0.2) is 63.4 Å². The van der Waals surface area contributed by atoms with E-state index in [1.165, 1.54) is 0 Å². The first kappa shape index (κ1) is 22.9. The number of nitrogens with zero attached hydrogens (tertiary/aromatic N) is 3. The Bertz CT molecular complexity index is 823. The molecule has 1 heterocycles. The number of ether oxygens (including phenoxy) is 2. The number of phenols is 1. The molecule has 0 aliphatic carbocycles. The zero-order chi connectivity index (χ0) is 19.9. The molecule has 0 saturated carbocycles. The zero-order valence-electron chi connectivity index (χ0n) is 17.1. The molecule has 0 amide bonds. The summed E-state index contributed by atoms with van der Waals surface area (Å²) in [5.41, 5.74) is 1.97. The number of rotatable bonds is 5. The van der Waals surface area contributed by atoms with E-state index in [-0.39, 0.29) is 24.0 Å². The third-order valence-electron chi connectivity index (χ3n) is 4.91. The molecule has 1 fully saturated rings. The first-order valence-electron chi connectivity index (χ1n) is 9.35. The van der Waals surface area contributed by atoms with E-state index in [0.29, 0.717) is 18.0 Å². The molecule has 7 nitrogen and oxygen atoms in total. The molecule has 0 spiro atoms. The second-order valence-corrected chi connectivity index (χ2v) is 6.55. The lowest BCUT2D eigenvalue weighted by Crippen LogP contribution is -2.52. The Balaban J connectivity index is 0.00000300. The van der Waals surface area contributed by atoms with E-state index in [1.54, 1.807) is 27.3 Å². The van der Waals surface area contributed by atoms with Gasteiger partial charge < -0.3 is 29.7 Å². The quantitative estimate of drug-likeness (QED) is 0.365. The minimum Gasteiger partial charge on any atom is -0.506 e. The van der Waals surface area contributed by atoms with Crippen molar-refractivity contribution < 1.29 is 14.6 Å². The summed E-state index contributed by atoms with van der Waals surface area (Å²) in [4.78, 5) is 8.86. The highest BCUT2D eigenvalue weighted by Crippen LogP contribution is 2.28. The molecule has 2 aromatic carbocycles. The van der Waals surface area contributed by atoms with E-state index in [2.05, 4.69) is 20.1 Å². The van der Waals surface area contributed by atoms with Crippen molar-refractivity contribution in [2.75, 3.05) is 52.3 Å². The van der Waals surface area contributed by atoms with Gasteiger partial charge in [-0.2, -0.15) is 0 Å². The standard InChI is InChI=1S/C21H28N4O3.HI/c1-22-21(23-15-16-8-9-19(27-2)20(14-16)28-3)25-12-10-24(11-13-25)17-6-4-5-7-18(17)26;/h4-9,14,26H,10-13,15H2,1-3H3,(H,22,23);1H. The summed E-state index contributed by atoms with van der Waals surface area (Å²) < 4.78 is 10.7. The van der Waals surface area contributed by atoms with Gasteiger partial charge in [0.1, 0.15) is 5.75 Å². The number of phenolic OH excluding ortho intramolecular Hbond substituents is 1. The SMILES string of the molecule is CN=C(NCc1ccc(OC)c(OC)c1)N1CCN(c2ccccc2O)CC1.I. The fourth-order valence-electron chi connectivity index (χ4n) is 3.39. The average molecular weight is 512 g/mol. The Labute approximate surface area is 189 Å². The number of halogens is 1. The normalized spacial score (nSPS) is 14.2. The lowest BCUT2D eigenvalue weighted by molar-refractivity contribution is 0.354. The van der Waals surface area contributed by atoms with Crippen LogP contribution in [0.3, 0.4) is 0 Å². The minimum atomic E-state index is 0. The minimum absolute atomic E-state index is 0. The number of methoxy groups -OCH3 is 2. The van der Waals surface area contributed by atoms with Gasteiger partial charge in [0.25, 0.3) is 0 Å². The van der Waals surface area contributed by atoms with Crippen molar-refractivity contribution >= 4 is 35.6 Å². The maximum Gasteiger partial charge on any atom is 0.194 e. The molecule has 2 N–H and O–H groups in total. The van der Waals surface area contributed by atoms with Crippen LogP contribution < -0.4 is 19.7 Å². The van der Waals surface area contributed by atoms with E-state index in [9.17, 15) is 5.11 Å². The number of piperazine rings is 1. The summed E-state index contributed by atoms with van der Waals surface area (Å²) >= 11 is 0. The van der Waals surface area contributed by atoms with Crippen molar-refractivity contribution in [2.24, 2.45) is 4.99 Å². The Hall–Kier alpha value is -2.36. The Morgan fingerprint density at radius 3 is 2.34 bits per heavy atom. The molecule has 3 rings (SSSR count). The topological polar surface area (TPSA) is 69.6 Å². The van der Waals surface area contributed by atoms with Gasteiger partial charge in [0.2, 0.25) is 0 Å². The summed E-state index contributed by atoms with van der Waals surface area (Å²) in [5, 5.41) is 13.5. The smallest absolute Gasteiger partial charge is 0.194 e. The fourth-order valence-corrected chi connectivity index (χ4v) is 3.39. The Morgan fingerprint density at radius 2 is 1.72 bits per heavy atom. The number of hydrogen-bond acceptors (Lipinski definition) is 5. The first-order valence-corrected chi connectivity index (χ1v) is 9.35. The molecule has 2 aromatic rings. The van der Waals surface area contributed by atoms with Crippen molar-refractivity contribution in [3.05, 3.63) is 48.0 Å². The molecule has 0 unspecified atom stereocenters. The second-order valence-electron chi connectivity index (χ2n) is 6.55. The van der Waals surface area contributed by atoms with Crippen LogP contribution >= 0.6 is 24.0 Å². The summed E-state index contributed by atoms with van der Waals surface area (Å²) in [7, 11) is 5.07. The van der Waals surface area contributed by atoms with Crippen LogP contribution in [0.5, 0.6) is 17.2 Å². The van der Waals surface area contributed by atoms with E-state index in [4.69, 9.17) is 9.47 Å². The highest BCUT2D eigenvalue weighted by Gasteiger charge is 2.21. The molecule has 29 heavy (non-hydrogen) atoms. The first-order chi connectivity index (χ1) is 13.7. The van der Waals surface area contributed by atoms with Crippen molar-refractivity contribution in [3.63, 3.8) is 0 Å². The van der Waals surface area contributed by atoms with Crippen LogP contribution in [-0.2, 0) is 6.54 Å². The molecular formula is C21H29IN4O3. The van der Waals surface area contributed by atoms with Gasteiger partial charge in [-0.25, -0.2) is 0 Å². The number of benzene rings is 2. The lowest BCUT2D eigenvalue weighted by Gasteiger charge is -2.37. The molecule has 0 radical (unpaired) electrons. The average Bonchev–Trinajstić information content (AvgIpc) is 2.75. The highest BCUT2D eigenvalue weighted by atomic mass is 127. The van der Waals surface area contributed by atoms with Crippen LogP contribution in [0.4, 0.5) is 5.69 Å². The third-order valence-corrected chi connectivity index (χ3v) is 4.91. The molecule has 0 atom stereocenters. The van der Waals surface area contributed by atoms with Crippen molar-refractivity contribution in [3.8, 4) is 17.2 Å². The predicted octanol–water partition coefficient (Wildman–Crippen LogP) is 2.93. The molecule has 1 aliphatic heterocycles. The number of para-hydroxylation sites is 2. The molecular weight excluding hydrogens is 483 g/mol. The largest absolute Gasteiger partial charge is 0.506 e.